The summed E-state index contributed by atoms with van der Waals surface area (Å²) in [5, 5.41) is 14.0. The molecule has 1 atom stereocenters. The van der Waals surface area contributed by atoms with Crippen molar-refractivity contribution >= 4 is 5.97 Å². The highest BCUT2D eigenvalue weighted by molar-refractivity contribution is 5.75. The van der Waals surface area contributed by atoms with Crippen LogP contribution in [0, 0.1) is 0 Å². The maximum Gasteiger partial charge on any atom is 0.325 e. The van der Waals surface area contributed by atoms with Gasteiger partial charge in [0.25, 0.3) is 0 Å². The molecule has 7 heteroatoms. The van der Waals surface area contributed by atoms with Crippen molar-refractivity contribution in [3.8, 4) is 0 Å². The van der Waals surface area contributed by atoms with Crippen molar-refractivity contribution < 1.29 is 9.90 Å². The molecule has 0 aliphatic heterocycles. The second kappa shape index (κ2) is 7.76. The molecular formula is C18H21N5O2. The molecular weight excluding hydrogens is 318 g/mol. The minimum absolute atomic E-state index is 0.594. The van der Waals surface area contributed by atoms with Gasteiger partial charge in [-0.15, -0.1) is 0 Å². The van der Waals surface area contributed by atoms with E-state index in [1.807, 2.05) is 53.0 Å². The molecule has 0 amide bonds. The number of rotatable bonds is 8. The summed E-state index contributed by atoms with van der Waals surface area (Å²) in [5.74, 6) is -0.882. The third-order valence-electron chi connectivity index (χ3n) is 4.10. The maximum atomic E-state index is 11.8. The smallest absolute Gasteiger partial charge is 0.325 e. The Kier molecular flexibility index (Phi) is 5.25. The first-order valence-electron chi connectivity index (χ1n) is 8.08. The number of aliphatic carboxylic acids is 1. The molecule has 0 saturated carbocycles. The van der Waals surface area contributed by atoms with Crippen LogP contribution in [0.4, 0.5) is 0 Å². The highest BCUT2D eigenvalue weighted by Gasteiger charge is 2.26. The Balaban J connectivity index is 1.69. The molecule has 1 N–H and O–H groups in total. The van der Waals surface area contributed by atoms with E-state index in [1.54, 1.807) is 29.6 Å². The molecule has 3 aromatic rings. The highest BCUT2D eigenvalue weighted by Crippen LogP contribution is 2.19. The zero-order chi connectivity index (χ0) is 17.6. The summed E-state index contributed by atoms with van der Waals surface area (Å²) in [4.78, 5) is 17.6. The third kappa shape index (κ3) is 4.33. The average Bonchev–Trinajstić information content (AvgIpc) is 3.26. The molecule has 1 aromatic carbocycles. The SMILES string of the molecule is CN(CCn1ccnc1)[C@@H](C(=O)O)c1cnn(Cc2ccccc2)c1. The number of carboxylic acids is 1. The number of hydrogen-bond donors (Lipinski definition) is 1. The first kappa shape index (κ1) is 16.9. The number of benzene rings is 1. The summed E-state index contributed by atoms with van der Waals surface area (Å²) in [5.41, 5.74) is 1.80. The Morgan fingerprint density at radius 2 is 2.12 bits per heavy atom. The summed E-state index contributed by atoms with van der Waals surface area (Å²) >= 11 is 0. The fourth-order valence-electron chi connectivity index (χ4n) is 2.78. The number of nitrogens with zero attached hydrogens (tertiary/aromatic N) is 5. The van der Waals surface area contributed by atoms with Crippen molar-refractivity contribution in [1.29, 1.82) is 0 Å². The molecule has 0 radical (unpaired) electrons. The van der Waals surface area contributed by atoms with Crippen molar-refractivity contribution in [3.05, 3.63) is 72.6 Å². The molecule has 7 nitrogen and oxygen atoms in total. The number of carbonyl (C=O) groups is 1. The quantitative estimate of drug-likeness (QED) is 0.678. The van der Waals surface area contributed by atoms with Gasteiger partial charge in [-0.1, -0.05) is 30.3 Å². The normalized spacial score (nSPS) is 12.4. The standard InChI is InChI=1S/C18H21N5O2/c1-21(9-10-22-8-7-19-14-22)17(18(24)25)16-11-20-23(13-16)12-15-5-3-2-4-6-15/h2-8,11,13-14,17H,9-10,12H2,1H3,(H,24,25)/t17-/m1/s1. The van der Waals surface area contributed by atoms with E-state index in [4.69, 9.17) is 0 Å². The fraction of sp³-hybridized carbons (Fsp3) is 0.278. The van der Waals surface area contributed by atoms with Gasteiger partial charge in [-0.25, -0.2) is 4.98 Å². The second-order valence-electron chi connectivity index (χ2n) is 5.98. The zero-order valence-corrected chi connectivity index (χ0v) is 14.1. The van der Waals surface area contributed by atoms with Gasteiger partial charge in [-0.3, -0.25) is 14.4 Å². The summed E-state index contributed by atoms with van der Waals surface area (Å²) in [6.45, 7) is 1.89. The Labute approximate surface area is 146 Å². The lowest BCUT2D eigenvalue weighted by Gasteiger charge is -2.23. The number of carboxylic acid groups (broad SMARTS) is 1. The molecule has 0 unspecified atom stereocenters. The van der Waals surface area contributed by atoms with Crippen LogP contribution < -0.4 is 0 Å². The van der Waals surface area contributed by atoms with Crippen LogP contribution in [0.2, 0.25) is 0 Å². The van der Waals surface area contributed by atoms with Crippen LogP contribution in [-0.4, -0.2) is 48.9 Å². The van der Waals surface area contributed by atoms with E-state index in [0.29, 0.717) is 25.2 Å². The van der Waals surface area contributed by atoms with Crippen LogP contribution >= 0.6 is 0 Å². The topological polar surface area (TPSA) is 76.2 Å². The van der Waals surface area contributed by atoms with Crippen molar-refractivity contribution in [2.75, 3.05) is 13.6 Å². The number of hydrogen-bond acceptors (Lipinski definition) is 4. The van der Waals surface area contributed by atoms with E-state index in [-0.39, 0.29) is 0 Å². The van der Waals surface area contributed by atoms with E-state index in [2.05, 4.69) is 10.1 Å². The Bertz CT molecular complexity index is 798. The second-order valence-corrected chi connectivity index (χ2v) is 5.98. The van der Waals surface area contributed by atoms with Crippen LogP contribution in [-0.2, 0) is 17.9 Å². The minimum atomic E-state index is -0.882. The highest BCUT2D eigenvalue weighted by atomic mass is 16.4. The van der Waals surface area contributed by atoms with Crippen molar-refractivity contribution in [2.45, 2.75) is 19.1 Å². The predicted octanol–water partition coefficient (Wildman–Crippen LogP) is 1.89. The molecule has 0 aliphatic rings. The molecule has 2 aromatic heterocycles. The molecule has 25 heavy (non-hydrogen) atoms. The molecule has 0 saturated heterocycles. The van der Waals surface area contributed by atoms with Gasteiger partial charge < -0.3 is 9.67 Å². The molecule has 3 rings (SSSR count). The van der Waals surface area contributed by atoms with Crippen molar-refractivity contribution in [1.82, 2.24) is 24.2 Å². The monoisotopic (exact) mass is 339 g/mol. The molecule has 0 spiro atoms. The van der Waals surface area contributed by atoms with Crippen LogP contribution in [0.1, 0.15) is 17.2 Å². The third-order valence-corrected chi connectivity index (χ3v) is 4.10. The van der Waals surface area contributed by atoms with Gasteiger partial charge in [0, 0.05) is 37.2 Å². The molecule has 130 valence electrons. The van der Waals surface area contributed by atoms with Gasteiger partial charge >= 0.3 is 5.97 Å². The van der Waals surface area contributed by atoms with E-state index in [0.717, 1.165) is 5.56 Å². The van der Waals surface area contributed by atoms with E-state index in [1.165, 1.54) is 0 Å². The fourth-order valence-corrected chi connectivity index (χ4v) is 2.78. The Morgan fingerprint density at radius 3 is 2.80 bits per heavy atom. The van der Waals surface area contributed by atoms with Crippen molar-refractivity contribution in [3.63, 3.8) is 0 Å². The summed E-state index contributed by atoms with van der Waals surface area (Å²) < 4.78 is 3.69. The van der Waals surface area contributed by atoms with Gasteiger partial charge in [-0.2, -0.15) is 5.10 Å². The zero-order valence-electron chi connectivity index (χ0n) is 14.1. The first-order chi connectivity index (χ1) is 12.1. The molecule has 0 aliphatic carbocycles. The minimum Gasteiger partial charge on any atom is -0.480 e. The summed E-state index contributed by atoms with van der Waals surface area (Å²) in [6.07, 6.45) is 8.74. The Hall–Kier alpha value is -2.93. The van der Waals surface area contributed by atoms with Crippen LogP contribution in [0.25, 0.3) is 0 Å². The number of imidazole rings is 1. The van der Waals surface area contributed by atoms with Crippen molar-refractivity contribution in [2.24, 2.45) is 0 Å². The molecule has 0 bridgehead atoms. The van der Waals surface area contributed by atoms with Gasteiger partial charge in [0.15, 0.2) is 0 Å². The largest absolute Gasteiger partial charge is 0.480 e. The van der Waals surface area contributed by atoms with Gasteiger partial charge in [0.2, 0.25) is 0 Å². The number of aromatic nitrogens is 4. The van der Waals surface area contributed by atoms with Gasteiger partial charge in [-0.05, 0) is 12.6 Å². The van der Waals surface area contributed by atoms with E-state index < -0.39 is 12.0 Å². The lowest BCUT2D eigenvalue weighted by molar-refractivity contribution is -0.143. The van der Waals surface area contributed by atoms with E-state index in [9.17, 15) is 9.90 Å². The van der Waals surface area contributed by atoms with Gasteiger partial charge in [0.05, 0.1) is 19.1 Å². The lowest BCUT2D eigenvalue weighted by Crippen LogP contribution is -2.33. The summed E-state index contributed by atoms with van der Waals surface area (Å²) in [7, 11) is 1.81. The average molecular weight is 339 g/mol. The maximum absolute atomic E-state index is 11.8. The lowest BCUT2D eigenvalue weighted by atomic mass is 10.1. The van der Waals surface area contributed by atoms with E-state index >= 15 is 0 Å². The predicted molar refractivity (Wildman–Crippen MR) is 93.0 cm³/mol. The van der Waals surface area contributed by atoms with Crippen LogP contribution in [0.15, 0.2) is 61.4 Å². The van der Waals surface area contributed by atoms with Gasteiger partial charge in [0.1, 0.15) is 6.04 Å². The molecule has 0 fully saturated rings. The summed E-state index contributed by atoms with van der Waals surface area (Å²) in [6, 6.07) is 9.23. The molecule has 2 heterocycles. The van der Waals surface area contributed by atoms with Crippen LogP contribution in [0.5, 0.6) is 0 Å². The Morgan fingerprint density at radius 1 is 1.32 bits per heavy atom. The number of likely N-dealkylation sites (N-methyl/N-ethyl adjacent to an activating group) is 1. The first-order valence-corrected chi connectivity index (χ1v) is 8.08. The van der Waals surface area contributed by atoms with Crippen LogP contribution in [0.3, 0.4) is 0 Å².